The molecular formula is C16H21NO4. The average Bonchev–Trinajstić information content (AvgIpc) is 2.48. The molecule has 0 N–H and O–H groups in total. The lowest BCUT2D eigenvalue weighted by Crippen LogP contribution is -2.50. The van der Waals surface area contributed by atoms with E-state index >= 15 is 0 Å². The number of benzene rings is 1. The number of nitrogens with zero attached hydrogens (tertiary/aromatic N) is 1. The van der Waals surface area contributed by atoms with E-state index in [1.807, 2.05) is 32.0 Å². The molecule has 1 saturated heterocycles. The van der Waals surface area contributed by atoms with Gasteiger partial charge in [-0.05, 0) is 19.9 Å². The van der Waals surface area contributed by atoms with Gasteiger partial charge in [-0.15, -0.1) is 0 Å². The molecule has 0 radical (unpaired) electrons. The van der Waals surface area contributed by atoms with Gasteiger partial charge in [0.1, 0.15) is 0 Å². The Labute approximate surface area is 124 Å². The molecule has 0 aromatic heterocycles. The highest BCUT2D eigenvalue weighted by molar-refractivity contribution is 5.83. The highest BCUT2D eigenvalue weighted by Gasteiger charge is 2.48. The summed E-state index contributed by atoms with van der Waals surface area (Å²) >= 11 is 0. The Kier molecular flexibility index (Phi) is 3.63. The van der Waals surface area contributed by atoms with Crippen molar-refractivity contribution in [1.29, 1.82) is 0 Å². The minimum absolute atomic E-state index is 0.0206. The molecule has 3 rings (SSSR count). The fourth-order valence-corrected chi connectivity index (χ4v) is 3.23. The van der Waals surface area contributed by atoms with Crippen LogP contribution in [0.15, 0.2) is 18.2 Å². The zero-order chi connectivity index (χ0) is 15.0. The Balaban J connectivity index is 2.09. The van der Waals surface area contributed by atoms with Crippen LogP contribution in [0.4, 0.5) is 0 Å². The van der Waals surface area contributed by atoms with Gasteiger partial charge in [0, 0.05) is 18.7 Å². The number of carbonyl (C=O) groups is 1. The molecule has 0 aliphatic carbocycles. The number of hydrogen-bond acceptors (Lipinski definition) is 5. The van der Waals surface area contributed by atoms with Gasteiger partial charge in [-0.1, -0.05) is 12.1 Å². The number of ether oxygens (including phenoxy) is 3. The van der Waals surface area contributed by atoms with Gasteiger partial charge in [0.25, 0.3) is 0 Å². The van der Waals surface area contributed by atoms with E-state index in [-0.39, 0.29) is 12.0 Å². The predicted molar refractivity (Wildman–Crippen MR) is 77.5 cm³/mol. The topological polar surface area (TPSA) is 48.0 Å². The monoisotopic (exact) mass is 291 g/mol. The van der Waals surface area contributed by atoms with Crippen molar-refractivity contribution in [3.8, 4) is 11.5 Å². The van der Waals surface area contributed by atoms with Crippen LogP contribution in [0.2, 0.25) is 0 Å². The highest BCUT2D eigenvalue weighted by atomic mass is 16.6. The molecule has 2 aliphatic heterocycles. The van der Waals surface area contributed by atoms with Gasteiger partial charge in [0.05, 0.1) is 31.8 Å². The number of esters is 1. The Hall–Kier alpha value is -1.59. The predicted octanol–water partition coefficient (Wildman–Crippen LogP) is 2.01. The van der Waals surface area contributed by atoms with Crippen LogP contribution >= 0.6 is 0 Å². The summed E-state index contributed by atoms with van der Waals surface area (Å²) in [6, 6.07) is 5.76. The van der Waals surface area contributed by atoms with Crippen molar-refractivity contribution in [3.63, 3.8) is 0 Å². The maximum atomic E-state index is 12.5. The van der Waals surface area contributed by atoms with Crippen molar-refractivity contribution < 1.29 is 19.0 Å². The lowest BCUT2D eigenvalue weighted by atomic mass is 9.77. The van der Waals surface area contributed by atoms with Crippen LogP contribution in [0.5, 0.6) is 11.5 Å². The second kappa shape index (κ2) is 5.31. The molecule has 2 aliphatic rings. The van der Waals surface area contributed by atoms with Gasteiger partial charge >= 0.3 is 5.97 Å². The Bertz CT molecular complexity index is 549. The molecule has 1 fully saturated rings. The second-order valence-corrected chi connectivity index (χ2v) is 6.04. The SMILES string of the molecule is COc1cccc2c1OC(=O)C(C)(C)C2N1CCOCC1. The Morgan fingerprint density at radius 2 is 2.00 bits per heavy atom. The first kappa shape index (κ1) is 14.4. The number of para-hydroxylation sites is 1. The summed E-state index contributed by atoms with van der Waals surface area (Å²) in [5, 5.41) is 0. The Morgan fingerprint density at radius 1 is 1.29 bits per heavy atom. The summed E-state index contributed by atoms with van der Waals surface area (Å²) in [4.78, 5) is 14.8. The van der Waals surface area contributed by atoms with Gasteiger partial charge in [-0.3, -0.25) is 9.69 Å². The van der Waals surface area contributed by atoms with Crippen molar-refractivity contribution in [2.75, 3.05) is 33.4 Å². The molecule has 2 heterocycles. The summed E-state index contributed by atoms with van der Waals surface area (Å²) in [6.07, 6.45) is 0. The van der Waals surface area contributed by atoms with Gasteiger partial charge in [-0.25, -0.2) is 0 Å². The van der Waals surface area contributed by atoms with Crippen LogP contribution in [-0.2, 0) is 9.53 Å². The third-order valence-corrected chi connectivity index (χ3v) is 4.34. The summed E-state index contributed by atoms with van der Waals surface area (Å²) < 4.78 is 16.3. The minimum Gasteiger partial charge on any atom is -0.493 e. The van der Waals surface area contributed by atoms with E-state index in [1.54, 1.807) is 7.11 Å². The van der Waals surface area contributed by atoms with Crippen molar-refractivity contribution in [3.05, 3.63) is 23.8 Å². The third-order valence-electron chi connectivity index (χ3n) is 4.34. The molecule has 1 atom stereocenters. The molecule has 0 bridgehead atoms. The number of carbonyl (C=O) groups excluding carboxylic acids is 1. The summed E-state index contributed by atoms with van der Waals surface area (Å²) in [6.45, 7) is 6.91. The first-order valence-electron chi connectivity index (χ1n) is 7.26. The molecule has 1 aromatic carbocycles. The summed E-state index contributed by atoms with van der Waals surface area (Å²) in [7, 11) is 1.59. The summed E-state index contributed by atoms with van der Waals surface area (Å²) in [5.74, 6) is 0.950. The van der Waals surface area contributed by atoms with E-state index in [1.165, 1.54) is 0 Å². The fourth-order valence-electron chi connectivity index (χ4n) is 3.23. The molecule has 0 saturated carbocycles. The van der Waals surface area contributed by atoms with Gasteiger partial charge in [-0.2, -0.15) is 0 Å². The van der Waals surface area contributed by atoms with Crippen molar-refractivity contribution in [1.82, 2.24) is 4.90 Å². The van der Waals surface area contributed by atoms with Crippen LogP contribution in [0, 0.1) is 5.41 Å². The fraction of sp³-hybridized carbons (Fsp3) is 0.562. The lowest BCUT2D eigenvalue weighted by Gasteiger charge is -2.45. The minimum atomic E-state index is -0.600. The third kappa shape index (κ3) is 2.30. The van der Waals surface area contributed by atoms with Gasteiger partial charge in [0.2, 0.25) is 0 Å². The van der Waals surface area contributed by atoms with E-state index in [9.17, 15) is 4.79 Å². The average molecular weight is 291 g/mol. The van der Waals surface area contributed by atoms with E-state index in [4.69, 9.17) is 14.2 Å². The molecule has 1 unspecified atom stereocenters. The molecule has 5 nitrogen and oxygen atoms in total. The van der Waals surface area contributed by atoms with Crippen LogP contribution in [0.25, 0.3) is 0 Å². The molecule has 0 amide bonds. The standard InChI is InChI=1S/C16H21NO4/c1-16(2)14(17-7-9-20-10-8-17)11-5-4-6-12(19-3)13(11)21-15(16)18/h4-6,14H,7-10H2,1-3H3. The van der Waals surface area contributed by atoms with Crippen LogP contribution in [0.3, 0.4) is 0 Å². The largest absolute Gasteiger partial charge is 0.493 e. The summed E-state index contributed by atoms with van der Waals surface area (Å²) in [5.41, 5.74) is 0.414. The number of rotatable bonds is 2. The zero-order valence-electron chi connectivity index (χ0n) is 12.7. The van der Waals surface area contributed by atoms with E-state index in [0.717, 1.165) is 18.7 Å². The highest BCUT2D eigenvalue weighted by Crippen LogP contribution is 2.50. The van der Waals surface area contributed by atoms with Crippen LogP contribution in [0.1, 0.15) is 25.5 Å². The second-order valence-electron chi connectivity index (χ2n) is 6.04. The van der Waals surface area contributed by atoms with E-state index in [2.05, 4.69) is 4.90 Å². The van der Waals surface area contributed by atoms with E-state index < -0.39 is 5.41 Å². The van der Waals surface area contributed by atoms with Crippen molar-refractivity contribution in [2.45, 2.75) is 19.9 Å². The van der Waals surface area contributed by atoms with Crippen molar-refractivity contribution in [2.24, 2.45) is 5.41 Å². The normalized spacial score (nSPS) is 25.1. The molecule has 0 spiro atoms. The molecular weight excluding hydrogens is 270 g/mol. The van der Waals surface area contributed by atoms with Crippen LogP contribution < -0.4 is 9.47 Å². The van der Waals surface area contributed by atoms with Crippen LogP contribution in [-0.4, -0.2) is 44.3 Å². The number of morpholine rings is 1. The van der Waals surface area contributed by atoms with Crippen molar-refractivity contribution >= 4 is 5.97 Å². The number of methoxy groups -OCH3 is 1. The first-order chi connectivity index (χ1) is 10.1. The molecule has 1 aromatic rings. The van der Waals surface area contributed by atoms with E-state index in [0.29, 0.717) is 24.7 Å². The van der Waals surface area contributed by atoms with Gasteiger partial charge < -0.3 is 14.2 Å². The number of hydrogen-bond donors (Lipinski definition) is 0. The Morgan fingerprint density at radius 3 is 2.67 bits per heavy atom. The number of fused-ring (bicyclic) bond motifs is 1. The first-order valence-corrected chi connectivity index (χ1v) is 7.26. The quantitative estimate of drug-likeness (QED) is 0.616. The smallest absolute Gasteiger partial charge is 0.318 e. The van der Waals surface area contributed by atoms with Gasteiger partial charge in [0.15, 0.2) is 11.5 Å². The maximum absolute atomic E-state index is 12.5. The zero-order valence-corrected chi connectivity index (χ0v) is 12.7. The molecule has 5 heteroatoms. The molecule has 21 heavy (non-hydrogen) atoms. The maximum Gasteiger partial charge on any atom is 0.318 e. The lowest BCUT2D eigenvalue weighted by molar-refractivity contribution is -0.153. The molecule has 114 valence electrons.